The second-order valence-electron chi connectivity index (χ2n) is 3.28. The van der Waals surface area contributed by atoms with Gasteiger partial charge in [-0.2, -0.15) is 0 Å². The van der Waals surface area contributed by atoms with Crippen LogP contribution in [-0.2, 0) is 0 Å². The highest BCUT2D eigenvalue weighted by Crippen LogP contribution is 2.35. The summed E-state index contributed by atoms with van der Waals surface area (Å²) in [5, 5.41) is 28.4. The maximum Gasteiger partial charge on any atom is 0.122 e. The fourth-order valence-corrected chi connectivity index (χ4v) is 1.49. The van der Waals surface area contributed by atoms with Crippen LogP contribution < -0.4 is 0 Å². The molecular weight excluding hydrogens is 168 g/mol. The van der Waals surface area contributed by atoms with Crippen molar-refractivity contribution in [2.45, 2.75) is 26.9 Å². The van der Waals surface area contributed by atoms with Crippen LogP contribution in [0.5, 0.6) is 11.5 Å². The number of aliphatic hydroxyl groups is 1. The van der Waals surface area contributed by atoms with Crippen LogP contribution in [0.2, 0.25) is 0 Å². The van der Waals surface area contributed by atoms with Crippen molar-refractivity contribution in [3.8, 4) is 11.5 Å². The highest BCUT2D eigenvalue weighted by atomic mass is 16.3. The number of phenolic OH excluding ortho intramolecular Hbond substituents is 2. The molecule has 1 atom stereocenters. The Bertz CT molecular complexity index is 329. The molecule has 0 fully saturated rings. The van der Waals surface area contributed by atoms with Crippen LogP contribution in [0.25, 0.3) is 0 Å². The van der Waals surface area contributed by atoms with Crippen molar-refractivity contribution in [1.82, 2.24) is 0 Å². The molecule has 0 amide bonds. The summed E-state index contributed by atoms with van der Waals surface area (Å²) in [7, 11) is 0. The van der Waals surface area contributed by atoms with Gasteiger partial charge in [0.05, 0.1) is 6.10 Å². The van der Waals surface area contributed by atoms with Gasteiger partial charge in [0.2, 0.25) is 0 Å². The number of hydrogen-bond donors (Lipinski definition) is 3. The normalized spacial score (nSPS) is 12.9. The first-order chi connectivity index (χ1) is 5.95. The molecule has 1 unspecified atom stereocenters. The smallest absolute Gasteiger partial charge is 0.122 e. The van der Waals surface area contributed by atoms with E-state index in [2.05, 4.69) is 0 Å². The first-order valence-electron chi connectivity index (χ1n) is 4.15. The fraction of sp³-hybridized carbons (Fsp3) is 0.400. The molecule has 0 saturated heterocycles. The summed E-state index contributed by atoms with van der Waals surface area (Å²) >= 11 is 0. The highest BCUT2D eigenvalue weighted by molar-refractivity contribution is 5.52. The minimum atomic E-state index is -0.772. The Morgan fingerprint density at radius 1 is 1.23 bits per heavy atom. The van der Waals surface area contributed by atoms with Gasteiger partial charge in [0.15, 0.2) is 0 Å². The SMILES string of the molecule is Cc1cc(O)c(C(C)O)c(C)c1O. The second-order valence-corrected chi connectivity index (χ2v) is 3.28. The summed E-state index contributed by atoms with van der Waals surface area (Å²) in [6.45, 7) is 4.93. The molecule has 0 radical (unpaired) electrons. The van der Waals surface area contributed by atoms with Crippen molar-refractivity contribution in [2.24, 2.45) is 0 Å². The highest BCUT2D eigenvalue weighted by Gasteiger charge is 2.15. The Labute approximate surface area is 77.3 Å². The zero-order valence-electron chi connectivity index (χ0n) is 8.00. The van der Waals surface area contributed by atoms with Crippen LogP contribution in [0.15, 0.2) is 6.07 Å². The maximum absolute atomic E-state index is 9.54. The van der Waals surface area contributed by atoms with Gasteiger partial charge >= 0.3 is 0 Å². The molecule has 0 heterocycles. The van der Waals surface area contributed by atoms with Crippen LogP contribution >= 0.6 is 0 Å². The average molecular weight is 182 g/mol. The van der Waals surface area contributed by atoms with E-state index in [0.29, 0.717) is 16.7 Å². The fourth-order valence-electron chi connectivity index (χ4n) is 1.49. The van der Waals surface area contributed by atoms with Gasteiger partial charge in [0, 0.05) is 11.1 Å². The minimum absolute atomic E-state index is 0.0304. The molecular formula is C10H14O3. The van der Waals surface area contributed by atoms with Gasteiger partial charge in [0.25, 0.3) is 0 Å². The monoisotopic (exact) mass is 182 g/mol. The van der Waals surface area contributed by atoms with E-state index in [0.717, 1.165) is 0 Å². The average Bonchev–Trinajstić information content (AvgIpc) is 1.99. The Morgan fingerprint density at radius 3 is 2.23 bits per heavy atom. The van der Waals surface area contributed by atoms with E-state index in [4.69, 9.17) is 0 Å². The Hall–Kier alpha value is -1.22. The molecule has 3 heteroatoms. The topological polar surface area (TPSA) is 60.7 Å². The van der Waals surface area contributed by atoms with Crippen LogP contribution in [-0.4, -0.2) is 15.3 Å². The van der Waals surface area contributed by atoms with Crippen molar-refractivity contribution in [3.63, 3.8) is 0 Å². The zero-order chi connectivity index (χ0) is 10.2. The number of phenols is 2. The Kier molecular flexibility index (Phi) is 2.48. The molecule has 3 nitrogen and oxygen atoms in total. The third-order valence-corrected chi connectivity index (χ3v) is 2.18. The number of aromatic hydroxyl groups is 2. The summed E-state index contributed by atoms with van der Waals surface area (Å²) in [6, 6.07) is 1.45. The summed E-state index contributed by atoms with van der Waals surface area (Å²) in [6.07, 6.45) is -0.772. The molecule has 0 bridgehead atoms. The number of rotatable bonds is 1. The van der Waals surface area contributed by atoms with Crippen LogP contribution in [0.1, 0.15) is 29.7 Å². The van der Waals surface area contributed by atoms with Gasteiger partial charge in [-0.3, -0.25) is 0 Å². The first-order valence-corrected chi connectivity index (χ1v) is 4.15. The standard InChI is InChI=1S/C10H14O3/c1-5-4-8(12)9(7(3)11)6(2)10(5)13/h4,7,11-13H,1-3H3. The molecule has 1 aromatic rings. The van der Waals surface area contributed by atoms with Crippen molar-refractivity contribution < 1.29 is 15.3 Å². The van der Waals surface area contributed by atoms with E-state index < -0.39 is 6.10 Å². The predicted octanol–water partition coefficient (Wildman–Crippen LogP) is 1.77. The van der Waals surface area contributed by atoms with Gasteiger partial charge in [-0.25, -0.2) is 0 Å². The van der Waals surface area contributed by atoms with Gasteiger partial charge in [-0.1, -0.05) is 0 Å². The third-order valence-electron chi connectivity index (χ3n) is 2.18. The lowest BCUT2D eigenvalue weighted by Gasteiger charge is -2.14. The molecule has 0 spiro atoms. The quantitative estimate of drug-likeness (QED) is 0.580. The minimum Gasteiger partial charge on any atom is -0.508 e. The van der Waals surface area contributed by atoms with Crippen LogP contribution in [0.3, 0.4) is 0 Å². The third kappa shape index (κ3) is 1.60. The van der Waals surface area contributed by atoms with Crippen molar-refractivity contribution >= 4 is 0 Å². The van der Waals surface area contributed by atoms with Crippen molar-refractivity contribution in [2.75, 3.05) is 0 Å². The summed E-state index contributed by atoms with van der Waals surface area (Å²) < 4.78 is 0. The van der Waals surface area contributed by atoms with E-state index in [9.17, 15) is 15.3 Å². The van der Waals surface area contributed by atoms with Crippen LogP contribution in [0, 0.1) is 13.8 Å². The Balaban J connectivity index is 3.44. The number of aryl methyl sites for hydroxylation is 1. The molecule has 0 aliphatic carbocycles. The van der Waals surface area contributed by atoms with Crippen molar-refractivity contribution in [1.29, 1.82) is 0 Å². The van der Waals surface area contributed by atoms with E-state index in [1.807, 2.05) is 0 Å². The molecule has 3 N–H and O–H groups in total. The molecule has 72 valence electrons. The summed E-state index contributed by atoms with van der Waals surface area (Å²) in [4.78, 5) is 0. The largest absolute Gasteiger partial charge is 0.508 e. The van der Waals surface area contributed by atoms with E-state index in [-0.39, 0.29) is 11.5 Å². The molecule has 0 aliphatic heterocycles. The molecule has 0 saturated carbocycles. The van der Waals surface area contributed by atoms with Gasteiger partial charge in [-0.05, 0) is 32.4 Å². The van der Waals surface area contributed by atoms with Gasteiger partial charge in [-0.15, -0.1) is 0 Å². The lowest BCUT2D eigenvalue weighted by molar-refractivity contribution is 0.193. The molecule has 0 aromatic heterocycles. The predicted molar refractivity (Wildman–Crippen MR) is 49.9 cm³/mol. The van der Waals surface area contributed by atoms with E-state index in [1.54, 1.807) is 20.8 Å². The second kappa shape index (κ2) is 3.26. The lowest BCUT2D eigenvalue weighted by Crippen LogP contribution is -1.97. The summed E-state index contributed by atoms with van der Waals surface area (Å²) in [5.74, 6) is 0.163. The van der Waals surface area contributed by atoms with E-state index >= 15 is 0 Å². The number of benzene rings is 1. The van der Waals surface area contributed by atoms with Crippen LogP contribution in [0.4, 0.5) is 0 Å². The van der Waals surface area contributed by atoms with Gasteiger partial charge < -0.3 is 15.3 Å². The van der Waals surface area contributed by atoms with E-state index in [1.165, 1.54) is 6.07 Å². The molecule has 0 aliphatic rings. The molecule has 13 heavy (non-hydrogen) atoms. The summed E-state index contributed by atoms with van der Waals surface area (Å²) in [5.41, 5.74) is 1.54. The first kappa shape index (κ1) is 9.86. The molecule has 1 rings (SSSR count). The number of aliphatic hydroxyl groups excluding tert-OH is 1. The zero-order valence-corrected chi connectivity index (χ0v) is 8.00. The Morgan fingerprint density at radius 2 is 1.77 bits per heavy atom. The van der Waals surface area contributed by atoms with Gasteiger partial charge in [0.1, 0.15) is 11.5 Å². The maximum atomic E-state index is 9.54. The van der Waals surface area contributed by atoms with Crippen molar-refractivity contribution in [3.05, 3.63) is 22.8 Å². The molecule has 1 aromatic carbocycles. The lowest BCUT2D eigenvalue weighted by atomic mass is 9.99. The number of hydrogen-bond acceptors (Lipinski definition) is 3.